The lowest BCUT2D eigenvalue weighted by molar-refractivity contribution is -0.115. The van der Waals surface area contributed by atoms with Crippen LogP contribution in [0.4, 0.5) is 14.5 Å². The zero-order valence-corrected chi connectivity index (χ0v) is 16.4. The standard InChI is InChI=1S/C16H18ClF2N5O3S/c1-9(28-16-21-22-23-24(16)8-11-3-2-6-26-11)14(25)20-10-4-5-13(12(17)7-10)27-15(18)19/h4-5,7,9,11,15H,2-3,6,8H2,1H3,(H,20,25)/t9-,11-/m1/s1. The Morgan fingerprint density at radius 2 is 2.36 bits per heavy atom. The van der Waals surface area contributed by atoms with E-state index < -0.39 is 11.9 Å². The average molecular weight is 434 g/mol. The van der Waals surface area contributed by atoms with Crippen LogP contribution in [0.3, 0.4) is 0 Å². The number of carbonyl (C=O) groups excluding carboxylic acids is 1. The molecule has 1 aromatic heterocycles. The Morgan fingerprint density at radius 1 is 1.54 bits per heavy atom. The lowest BCUT2D eigenvalue weighted by Gasteiger charge is -2.14. The quantitative estimate of drug-likeness (QED) is 0.639. The summed E-state index contributed by atoms with van der Waals surface area (Å²) in [6.45, 7) is -0.00107. The molecular formula is C16H18ClF2N5O3S. The van der Waals surface area contributed by atoms with Gasteiger partial charge in [-0.25, -0.2) is 4.68 Å². The molecule has 152 valence electrons. The minimum Gasteiger partial charge on any atom is -0.433 e. The first-order valence-electron chi connectivity index (χ1n) is 8.52. The predicted molar refractivity (Wildman–Crippen MR) is 98.8 cm³/mol. The van der Waals surface area contributed by atoms with E-state index >= 15 is 0 Å². The fourth-order valence-corrected chi connectivity index (χ4v) is 3.63. The van der Waals surface area contributed by atoms with Gasteiger partial charge in [0, 0.05) is 12.3 Å². The van der Waals surface area contributed by atoms with Gasteiger partial charge in [-0.15, -0.1) is 5.10 Å². The van der Waals surface area contributed by atoms with E-state index in [1.54, 1.807) is 11.6 Å². The molecule has 28 heavy (non-hydrogen) atoms. The fourth-order valence-electron chi connectivity index (χ4n) is 2.60. The van der Waals surface area contributed by atoms with Crippen molar-refractivity contribution in [1.82, 2.24) is 20.2 Å². The summed E-state index contributed by atoms with van der Waals surface area (Å²) < 4.78 is 36.0. The molecule has 0 saturated carbocycles. The molecule has 1 fully saturated rings. The second-order valence-electron chi connectivity index (χ2n) is 6.05. The summed E-state index contributed by atoms with van der Waals surface area (Å²) in [7, 11) is 0. The molecule has 1 N–H and O–H groups in total. The normalized spacial score (nSPS) is 17.7. The monoisotopic (exact) mass is 433 g/mol. The Hall–Kier alpha value is -1.98. The molecule has 1 aromatic carbocycles. The Labute approximate surface area is 168 Å². The number of amides is 1. The minimum atomic E-state index is -2.98. The van der Waals surface area contributed by atoms with Crippen molar-refractivity contribution in [3.8, 4) is 5.75 Å². The Balaban J connectivity index is 1.58. The molecule has 1 aliphatic rings. The topological polar surface area (TPSA) is 91.2 Å². The zero-order valence-electron chi connectivity index (χ0n) is 14.8. The smallest absolute Gasteiger partial charge is 0.387 e. The number of aromatic nitrogens is 4. The Morgan fingerprint density at radius 3 is 3.04 bits per heavy atom. The number of nitrogens with zero attached hydrogens (tertiary/aromatic N) is 4. The number of benzene rings is 1. The second kappa shape index (κ2) is 9.48. The summed E-state index contributed by atoms with van der Waals surface area (Å²) in [5.74, 6) is -0.472. The van der Waals surface area contributed by atoms with Crippen molar-refractivity contribution < 1.29 is 23.0 Å². The molecule has 1 amide bonds. The van der Waals surface area contributed by atoms with Gasteiger partial charge in [0.1, 0.15) is 5.75 Å². The lowest BCUT2D eigenvalue weighted by atomic mass is 10.2. The summed E-state index contributed by atoms with van der Waals surface area (Å²) in [4.78, 5) is 12.4. The Kier molecular flexibility index (Phi) is 7.03. The van der Waals surface area contributed by atoms with Gasteiger partial charge >= 0.3 is 6.61 Å². The third-order valence-corrected chi connectivity index (χ3v) is 5.33. The lowest BCUT2D eigenvalue weighted by Crippen LogP contribution is -2.23. The molecule has 2 heterocycles. The van der Waals surface area contributed by atoms with Gasteiger partial charge in [0.2, 0.25) is 11.1 Å². The maximum absolute atomic E-state index is 12.4. The summed E-state index contributed by atoms with van der Waals surface area (Å²) in [5, 5.41) is 14.2. The molecule has 1 aliphatic heterocycles. The molecule has 0 aliphatic carbocycles. The number of anilines is 1. The highest BCUT2D eigenvalue weighted by Gasteiger charge is 2.22. The van der Waals surface area contributed by atoms with Gasteiger partial charge in [-0.05, 0) is 48.4 Å². The van der Waals surface area contributed by atoms with Crippen LogP contribution >= 0.6 is 23.4 Å². The summed E-state index contributed by atoms with van der Waals surface area (Å²) in [6.07, 6.45) is 2.03. The van der Waals surface area contributed by atoms with Gasteiger partial charge in [-0.3, -0.25) is 4.79 Å². The van der Waals surface area contributed by atoms with Crippen molar-refractivity contribution in [2.45, 2.75) is 49.4 Å². The van der Waals surface area contributed by atoms with E-state index in [0.717, 1.165) is 19.4 Å². The van der Waals surface area contributed by atoms with Gasteiger partial charge in [0.15, 0.2) is 0 Å². The van der Waals surface area contributed by atoms with E-state index in [2.05, 4.69) is 25.6 Å². The van der Waals surface area contributed by atoms with Crippen molar-refractivity contribution in [2.75, 3.05) is 11.9 Å². The first kappa shape index (κ1) is 20.7. The number of hydrogen-bond donors (Lipinski definition) is 1. The number of ether oxygens (including phenoxy) is 2. The van der Waals surface area contributed by atoms with Gasteiger partial charge in [0.05, 0.1) is 22.9 Å². The number of alkyl halides is 2. The SMILES string of the molecule is C[C@@H](Sc1nnnn1C[C@H]1CCCO1)C(=O)Nc1ccc(OC(F)F)c(Cl)c1. The van der Waals surface area contributed by atoms with Crippen molar-refractivity contribution in [3.63, 3.8) is 0 Å². The molecule has 12 heteroatoms. The largest absolute Gasteiger partial charge is 0.433 e. The maximum atomic E-state index is 12.4. The minimum absolute atomic E-state index is 0.0288. The van der Waals surface area contributed by atoms with Crippen LogP contribution in [0.2, 0.25) is 5.02 Å². The zero-order chi connectivity index (χ0) is 20.1. The van der Waals surface area contributed by atoms with Gasteiger partial charge < -0.3 is 14.8 Å². The van der Waals surface area contributed by atoms with Gasteiger partial charge in [-0.1, -0.05) is 23.4 Å². The molecule has 3 rings (SSSR count). The van der Waals surface area contributed by atoms with E-state index in [0.29, 0.717) is 17.4 Å². The van der Waals surface area contributed by atoms with Crippen molar-refractivity contribution in [2.24, 2.45) is 0 Å². The highest BCUT2D eigenvalue weighted by atomic mass is 35.5. The van der Waals surface area contributed by atoms with E-state index in [-0.39, 0.29) is 22.8 Å². The molecule has 8 nitrogen and oxygen atoms in total. The van der Waals surface area contributed by atoms with E-state index in [4.69, 9.17) is 16.3 Å². The Bertz CT molecular complexity index is 819. The van der Waals surface area contributed by atoms with Crippen LogP contribution in [-0.2, 0) is 16.1 Å². The fraction of sp³-hybridized carbons (Fsp3) is 0.500. The molecular weight excluding hydrogens is 416 g/mol. The van der Waals surface area contributed by atoms with Crippen LogP contribution in [0.15, 0.2) is 23.4 Å². The molecule has 0 radical (unpaired) electrons. The predicted octanol–water partition coefficient (Wildman–Crippen LogP) is 3.23. The molecule has 0 bridgehead atoms. The molecule has 0 unspecified atom stereocenters. The van der Waals surface area contributed by atoms with Crippen molar-refractivity contribution in [1.29, 1.82) is 0 Å². The van der Waals surface area contributed by atoms with E-state index in [9.17, 15) is 13.6 Å². The van der Waals surface area contributed by atoms with Crippen LogP contribution in [0.1, 0.15) is 19.8 Å². The number of rotatable bonds is 8. The highest BCUT2D eigenvalue weighted by Crippen LogP contribution is 2.30. The van der Waals surface area contributed by atoms with Crippen LogP contribution in [0.5, 0.6) is 5.75 Å². The first-order chi connectivity index (χ1) is 13.4. The first-order valence-corrected chi connectivity index (χ1v) is 9.78. The number of thioether (sulfide) groups is 1. The number of nitrogens with one attached hydrogen (secondary N) is 1. The van der Waals surface area contributed by atoms with Gasteiger partial charge in [-0.2, -0.15) is 8.78 Å². The third-order valence-electron chi connectivity index (χ3n) is 3.97. The van der Waals surface area contributed by atoms with E-state index in [1.807, 2.05) is 0 Å². The van der Waals surface area contributed by atoms with Crippen LogP contribution in [0.25, 0.3) is 0 Å². The summed E-state index contributed by atoms with van der Waals surface area (Å²) in [6, 6.07) is 4.04. The average Bonchev–Trinajstić information content (AvgIpc) is 3.30. The van der Waals surface area contributed by atoms with E-state index in [1.165, 1.54) is 30.0 Å². The summed E-state index contributed by atoms with van der Waals surface area (Å²) >= 11 is 7.10. The number of tetrazole rings is 1. The number of carbonyl (C=O) groups is 1. The van der Waals surface area contributed by atoms with Crippen LogP contribution in [-0.4, -0.2) is 50.7 Å². The number of halogens is 3. The molecule has 2 atom stereocenters. The molecule has 0 spiro atoms. The molecule has 1 saturated heterocycles. The third kappa shape index (κ3) is 5.52. The molecule has 2 aromatic rings. The van der Waals surface area contributed by atoms with Crippen molar-refractivity contribution in [3.05, 3.63) is 23.2 Å². The maximum Gasteiger partial charge on any atom is 0.387 e. The van der Waals surface area contributed by atoms with Crippen LogP contribution < -0.4 is 10.1 Å². The summed E-state index contributed by atoms with van der Waals surface area (Å²) in [5.41, 5.74) is 0.364. The second-order valence-corrected chi connectivity index (χ2v) is 7.77. The van der Waals surface area contributed by atoms with Crippen molar-refractivity contribution >= 4 is 35.0 Å². The number of hydrogen-bond acceptors (Lipinski definition) is 7. The van der Waals surface area contributed by atoms with Gasteiger partial charge in [0.25, 0.3) is 0 Å². The van der Waals surface area contributed by atoms with Crippen LogP contribution in [0, 0.1) is 0 Å². The highest BCUT2D eigenvalue weighted by molar-refractivity contribution is 8.00.